The Kier molecular flexibility index (Phi) is 5.75. The summed E-state index contributed by atoms with van der Waals surface area (Å²) in [6.07, 6.45) is 3.84. The van der Waals surface area contributed by atoms with Crippen LogP contribution in [-0.4, -0.2) is 78.4 Å². The number of piperazine rings is 1. The number of rotatable bonds is 7. The fourth-order valence-corrected chi connectivity index (χ4v) is 3.06. The van der Waals surface area contributed by atoms with Gasteiger partial charge in [-0.1, -0.05) is 0 Å². The van der Waals surface area contributed by atoms with Gasteiger partial charge in [0.2, 0.25) is 11.8 Å². The van der Waals surface area contributed by atoms with Gasteiger partial charge in [0.05, 0.1) is 25.4 Å². The van der Waals surface area contributed by atoms with Crippen LogP contribution in [0.4, 0.5) is 0 Å². The minimum atomic E-state index is -0.0972. The predicted molar refractivity (Wildman–Crippen MR) is 93.8 cm³/mol. The number of carbonyl (C=O) groups excluding carboxylic acids is 2. The summed E-state index contributed by atoms with van der Waals surface area (Å²) in [6.45, 7) is 6.11. The van der Waals surface area contributed by atoms with E-state index in [2.05, 4.69) is 15.1 Å². The van der Waals surface area contributed by atoms with Crippen molar-refractivity contribution in [1.29, 1.82) is 0 Å². The summed E-state index contributed by atoms with van der Waals surface area (Å²) in [5.41, 5.74) is 0. The molecule has 25 heavy (non-hydrogen) atoms. The van der Waals surface area contributed by atoms with Gasteiger partial charge in [-0.25, -0.2) is 0 Å². The Morgan fingerprint density at radius 3 is 2.64 bits per heavy atom. The average Bonchev–Trinajstić information content (AvgIpc) is 3.27. The zero-order chi connectivity index (χ0) is 17.8. The second-order valence-electron chi connectivity index (χ2n) is 7.10. The molecule has 1 atom stereocenters. The molecule has 0 aromatic carbocycles. The van der Waals surface area contributed by atoms with E-state index in [1.807, 2.05) is 19.1 Å². The minimum absolute atomic E-state index is 0.0874. The van der Waals surface area contributed by atoms with Gasteiger partial charge in [-0.2, -0.15) is 0 Å². The third-order valence-electron chi connectivity index (χ3n) is 5.02. The van der Waals surface area contributed by atoms with Crippen molar-refractivity contribution in [2.24, 2.45) is 0 Å². The molecule has 1 aliphatic carbocycles. The van der Waals surface area contributed by atoms with Gasteiger partial charge in [0.1, 0.15) is 5.76 Å². The fraction of sp³-hybridized carbons (Fsp3) is 0.667. The van der Waals surface area contributed by atoms with E-state index in [4.69, 9.17) is 4.42 Å². The summed E-state index contributed by atoms with van der Waals surface area (Å²) in [6, 6.07) is 4.00. The van der Waals surface area contributed by atoms with Crippen molar-refractivity contribution in [3.63, 3.8) is 0 Å². The van der Waals surface area contributed by atoms with Crippen molar-refractivity contribution in [3.8, 4) is 0 Å². The second-order valence-corrected chi connectivity index (χ2v) is 7.10. The first kappa shape index (κ1) is 17.9. The summed E-state index contributed by atoms with van der Waals surface area (Å²) in [5.74, 6) is 1.01. The molecule has 2 aliphatic rings. The largest absolute Gasteiger partial charge is 0.467 e. The number of furan rings is 1. The van der Waals surface area contributed by atoms with Crippen molar-refractivity contribution in [2.45, 2.75) is 38.4 Å². The number of likely N-dealkylation sites (N-methyl/N-ethyl adjacent to an activating group) is 1. The monoisotopic (exact) mass is 348 g/mol. The number of hydrogen-bond acceptors (Lipinski definition) is 5. The van der Waals surface area contributed by atoms with Crippen LogP contribution in [0.15, 0.2) is 22.8 Å². The van der Waals surface area contributed by atoms with Crippen molar-refractivity contribution in [2.75, 3.05) is 39.8 Å². The standard InChI is InChI=1S/C18H28N4O3/c1-14(18(24)19-15-5-6-15)22-9-7-21(8-10-22)13-17(23)20(2)12-16-4-3-11-25-16/h3-4,11,14-15H,5-10,12-13H2,1-2H3,(H,19,24). The van der Waals surface area contributed by atoms with Gasteiger partial charge in [-0.15, -0.1) is 0 Å². The molecule has 1 saturated heterocycles. The summed E-state index contributed by atoms with van der Waals surface area (Å²) in [4.78, 5) is 30.6. The number of carbonyl (C=O) groups is 2. The quantitative estimate of drug-likeness (QED) is 0.778. The maximum absolute atomic E-state index is 12.4. The highest BCUT2D eigenvalue weighted by Gasteiger charge is 2.30. The molecule has 0 radical (unpaired) electrons. The van der Waals surface area contributed by atoms with E-state index in [-0.39, 0.29) is 17.9 Å². The normalized spacial score (nSPS) is 20.2. The molecule has 0 bridgehead atoms. The third-order valence-corrected chi connectivity index (χ3v) is 5.02. The zero-order valence-corrected chi connectivity index (χ0v) is 15.1. The van der Waals surface area contributed by atoms with Gasteiger partial charge < -0.3 is 14.6 Å². The molecule has 7 nitrogen and oxygen atoms in total. The maximum atomic E-state index is 12.4. The Labute approximate surface area is 148 Å². The first-order valence-electron chi connectivity index (χ1n) is 9.06. The Bertz CT molecular complexity index is 577. The molecule has 7 heteroatoms. The van der Waals surface area contributed by atoms with Crippen molar-refractivity contribution in [3.05, 3.63) is 24.2 Å². The molecule has 2 fully saturated rings. The lowest BCUT2D eigenvalue weighted by Crippen LogP contribution is -2.55. The van der Waals surface area contributed by atoms with Crippen LogP contribution >= 0.6 is 0 Å². The molecular formula is C18H28N4O3. The predicted octanol–water partition coefficient (Wildman–Crippen LogP) is 0.523. The summed E-state index contributed by atoms with van der Waals surface area (Å²) in [5, 5.41) is 3.07. The molecule has 1 saturated carbocycles. The number of nitrogens with one attached hydrogen (secondary N) is 1. The average molecular weight is 348 g/mol. The van der Waals surface area contributed by atoms with Gasteiger partial charge >= 0.3 is 0 Å². The van der Waals surface area contributed by atoms with Crippen LogP contribution in [0.3, 0.4) is 0 Å². The van der Waals surface area contributed by atoms with Gasteiger partial charge in [-0.3, -0.25) is 19.4 Å². The summed E-state index contributed by atoms with van der Waals surface area (Å²) < 4.78 is 5.29. The second kappa shape index (κ2) is 8.01. The third kappa shape index (κ3) is 5.06. The van der Waals surface area contributed by atoms with E-state index in [9.17, 15) is 9.59 Å². The lowest BCUT2D eigenvalue weighted by atomic mass is 10.2. The van der Waals surface area contributed by atoms with Crippen LogP contribution in [0.5, 0.6) is 0 Å². The fourth-order valence-electron chi connectivity index (χ4n) is 3.06. The smallest absolute Gasteiger partial charge is 0.237 e. The first-order valence-corrected chi connectivity index (χ1v) is 9.06. The van der Waals surface area contributed by atoms with Crippen LogP contribution in [-0.2, 0) is 16.1 Å². The topological polar surface area (TPSA) is 69.0 Å². The molecule has 0 spiro atoms. The van der Waals surface area contributed by atoms with Crippen LogP contribution in [0.1, 0.15) is 25.5 Å². The van der Waals surface area contributed by atoms with Crippen LogP contribution < -0.4 is 5.32 Å². The lowest BCUT2D eigenvalue weighted by molar-refractivity contribution is -0.133. The van der Waals surface area contributed by atoms with Gasteiger partial charge in [-0.05, 0) is 31.9 Å². The van der Waals surface area contributed by atoms with E-state index in [1.54, 1.807) is 18.2 Å². The molecule has 1 aromatic heterocycles. The van der Waals surface area contributed by atoms with Crippen LogP contribution in [0.25, 0.3) is 0 Å². The molecule has 3 rings (SSSR count). The minimum Gasteiger partial charge on any atom is -0.467 e. The molecule has 1 unspecified atom stereocenters. The van der Waals surface area contributed by atoms with Crippen LogP contribution in [0.2, 0.25) is 0 Å². The molecule has 138 valence electrons. The van der Waals surface area contributed by atoms with Gasteiger partial charge in [0, 0.05) is 39.3 Å². The van der Waals surface area contributed by atoms with Gasteiger partial charge in [0.25, 0.3) is 0 Å². The Hall–Kier alpha value is -1.86. The molecule has 1 aliphatic heterocycles. The number of amides is 2. The summed E-state index contributed by atoms with van der Waals surface area (Å²) >= 11 is 0. The van der Waals surface area contributed by atoms with E-state index in [0.29, 0.717) is 19.1 Å². The van der Waals surface area contributed by atoms with E-state index in [1.165, 1.54) is 0 Å². The Morgan fingerprint density at radius 2 is 2.04 bits per heavy atom. The molecule has 1 aromatic rings. The molecular weight excluding hydrogens is 320 g/mol. The zero-order valence-electron chi connectivity index (χ0n) is 15.1. The van der Waals surface area contributed by atoms with Crippen LogP contribution in [0, 0.1) is 0 Å². The van der Waals surface area contributed by atoms with Crippen molar-refractivity contribution >= 4 is 11.8 Å². The number of hydrogen-bond donors (Lipinski definition) is 1. The highest BCUT2D eigenvalue weighted by molar-refractivity contribution is 5.82. The van der Waals surface area contributed by atoms with Crippen molar-refractivity contribution in [1.82, 2.24) is 20.0 Å². The van der Waals surface area contributed by atoms with E-state index in [0.717, 1.165) is 44.8 Å². The Balaban J connectivity index is 1.39. The molecule has 2 heterocycles. The highest BCUT2D eigenvalue weighted by atomic mass is 16.3. The summed E-state index contributed by atoms with van der Waals surface area (Å²) in [7, 11) is 1.80. The van der Waals surface area contributed by atoms with Crippen molar-refractivity contribution < 1.29 is 14.0 Å². The van der Waals surface area contributed by atoms with E-state index >= 15 is 0 Å². The molecule has 2 amide bonds. The van der Waals surface area contributed by atoms with E-state index < -0.39 is 0 Å². The maximum Gasteiger partial charge on any atom is 0.237 e. The first-order chi connectivity index (χ1) is 12.0. The SMILES string of the molecule is CC(C(=O)NC1CC1)N1CCN(CC(=O)N(C)Cc2ccco2)CC1. The Morgan fingerprint density at radius 1 is 1.32 bits per heavy atom. The molecule has 1 N–H and O–H groups in total. The number of nitrogens with zero attached hydrogens (tertiary/aromatic N) is 3. The highest BCUT2D eigenvalue weighted by Crippen LogP contribution is 2.19. The van der Waals surface area contributed by atoms with Gasteiger partial charge in [0.15, 0.2) is 0 Å². The lowest BCUT2D eigenvalue weighted by Gasteiger charge is -2.37.